The number of aryl methyl sites for hydroxylation is 1. The van der Waals surface area contributed by atoms with Gasteiger partial charge in [-0.15, -0.1) is 0 Å². The zero-order valence-corrected chi connectivity index (χ0v) is 27.2. The molecule has 0 radical (unpaired) electrons. The van der Waals surface area contributed by atoms with Gasteiger partial charge in [0.05, 0.1) is 16.6 Å². The van der Waals surface area contributed by atoms with Crippen LogP contribution in [0.15, 0.2) is 97.1 Å². The van der Waals surface area contributed by atoms with Gasteiger partial charge in [-0.3, -0.25) is 4.90 Å². The fraction of sp³-hybridized carbons (Fsp3) is 0.325. The van der Waals surface area contributed by atoms with E-state index in [4.69, 9.17) is 4.98 Å². The largest absolute Gasteiger partial charge is 0.478 e. The molecule has 0 unspecified atom stereocenters. The highest BCUT2D eigenvalue weighted by atomic mass is 16.4. The molecule has 0 atom stereocenters. The number of anilines is 1. The molecule has 0 saturated heterocycles. The summed E-state index contributed by atoms with van der Waals surface area (Å²) in [5.74, 6) is 0.0953. The number of hydrogen-bond donors (Lipinski definition) is 2. The predicted octanol–water partition coefficient (Wildman–Crippen LogP) is 8.88. The molecule has 1 saturated carbocycles. The maximum absolute atomic E-state index is 13.9. The van der Waals surface area contributed by atoms with Crippen molar-refractivity contribution in [3.8, 4) is 11.1 Å². The van der Waals surface area contributed by atoms with Crippen molar-refractivity contribution in [2.75, 3.05) is 11.4 Å². The number of carbonyl (C=O) groups excluding carboxylic acids is 1. The Balaban J connectivity index is 1.32. The number of carboxylic acids is 1. The second kappa shape index (κ2) is 15.1. The van der Waals surface area contributed by atoms with E-state index in [2.05, 4.69) is 47.1 Å². The van der Waals surface area contributed by atoms with E-state index in [1.165, 1.54) is 12.0 Å². The fourth-order valence-electron chi connectivity index (χ4n) is 6.66. The highest BCUT2D eigenvalue weighted by Crippen LogP contribution is 2.28. The Kier molecular flexibility index (Phi) is 10.3. The lowest BCUT2D eigenvalue weighted by molar-refractivity contribution is 0.0697. The molecular formula is C40H44N4O3. The summed E-state index contributed by atoms with van der Waals surface area (Å²) in [7, 11) is 0. The maximum Gasteiger partial charge on any atom is 0.336 e. The van der Waals surface area contributed by atoms with Crippen molar-refractivity contribution in [2.24, 2.45) is 0 Å². The lowest BCUT2D eigenvalue weighted by Gasteiger charge is -2.28. The predicted molar refractivity (Wildman–Crippen MR) is 189 cm³/mol. The number of hydrogen-bond acceptors (Lipinski definition) is 3. The maximum atomic E-state index is 13.9. The summed E-state index contributed by atoms with van der Waals surface area (Å²) in [6, 6.07) is 31.9. The van der Waals surface area contributed by atoms with Gasteiger partial charge in [-0.2, -0.15) is 0 Å². The van der Waals surface area contributed by atoms with E-state index in [1.54, 1.807) is 12.1 Å². The summed E-state index contributed by atoms with van der Waals surface area (Å²) in [6.45, 7) is 3.39. The average molecular weight is 629 g/mol. The van der Waals surface area contributed by atoms with Crippen molar-refractivity contribution < 1.29 is 14.7 Å². The number of nitrogens with one attached hydrogen (secondary N) is 1. The summed E-state index contributed by atoms with van der Waals surface area (Å²) < 4.78 is 2.28. The number of imidazole rings is 1. The van der Waals surface area contributed by atoms with Crippen molar-refractivity contribution in [3.63, 3.8) is 0 Å². The number of fused-ring (bicyclic) bond motifs is 1. The minimum Gasteiger partial charge on any atom is -0.478 e. The van der Waals surface area contributed by atoms with Gasteiger partial charge in [-0.1, -0.05) is 105 Å². The van der Waals surface area contributed by atoms with E-state index >= 15 is 0 Å². The number of nitrogens with zero attached hydrogens (tertiary/aromatic N) is 3. The molecule has 1 aliphatic carbocycles. The molecule has 5 aromatic rings. The first-order chi connectivity index (χ1) is 23.0. The van der Waals surface area contributed by atoms with Crippen molar-refractivity contribution in [1.82, 2.24) is 14.9 Å². The summed E-state index contributed by atoms with van der Waals surface area (Å²) >= 11 is 0. The second-order valence-electron chi connectivity index (χ2n) is 12.6. The monoisotopic (exact) mass is 628 g/mol. The Morgan fingerprint density at radius 3 is 2.36 bits per heavy atom. The van der Waals surface area contributed by atoms with Crippen LogP contribution in [0.4, 0.5) is 10.5 Å². The number of aromatic nitrogens is 2. The number of aromatic carboxylic acids is 1. The second-order valence-corrected chi connectivity index (χ2v) is 12.6. The Labute approximate surface area is 277 Å². The Hall–Kier alpha value is -4.91. The standard InChI is InChI=1S/C40H44N4O3/c1-2-3-18-38-42-36-24-23-33(43(26-25-29-12-6-4-7-13-29)40(47)41-32-14-8-5-9-15-32)27-37(36)44(38)28-30-19-21-31(22-20-30)34-16-10-11-17-35(34)39(45)46/h4,6-7,10-13,16-17,19-24,27,32H,2-3,5,8-9,14-15,18,25-26,28H2,1H3,(H,41,47)(H,45,46). The van der Waals surface area contributed by atoms with Gasteiger partial charge >= 0.3 is 12.0 Å². The van der Waals surface area contributed by atoms with Crippen molar-refractivity contribution >= 4 is 28.7 Å². The van der Waals surface area contributed by atoms with Crippen LogP contribution in [0, 0.1) is 0 Å². The number of carbonyl (C=O) groups is 2. The highest BCUT2D eigenvalue weighted by molar-refractivity contribution is 5.96. The van der Waals surface area contributed by atoms with Crippen LogP contribution >= 0.6 is 0 Å². The molecule has 7 heteroatoms. The first-order valence-corrected chi connectivity index (χ1v) is 17.0. The van der Waals surface area contributed by atoms with Gasteiger partial charge in [-0.25, -0.2) is 14.6 Å². The van der Waals surface area contributed by atoms with Crippen molar-refractivity contribution in [3.05, 3.63) is 120 Å². The van der Waals surface area contributed by atoms with Gasteiger partial charge in [0.25, 0.3) is 0 Å². The molecule has 1 aliphatic rings. The van der Waals surface area contributed by atoms with E-state index in [9.17, 15) is 14.7 Å². The molecule has 0 aliphatic heterocycles. The molecule has 7 nitrogen and oxygen atoms in total. The summed E-state index contributed by atoms with van der Waals surface area (Å²) in [6.07, 6.45) is 9.36. The van der Waals surface area contributed by atoms with E-state index in [0.717, 1.165) is 85.0 Å². The number of urea groups is 1. The lowest BCUT2D eigenvalue weighted by Crippen LogP contribution is -2.46. The van der Waals surface area contributed by atoms with Gasteiger partial charge in [-0.05, 0) is 72.2 Å². The molecular weight excluding hydrogens is 584 g/mol. The fourth-order valence-corrected chi connectivity index (χ4v) is 6.66. The summed E-state index contributed by atoms with van der Waals surface area (Å²) in [5, 5.41) is 13.0. The number of rotatable bonds is 12. The Bertz CT molecular complexity index is 1810. The molecule has 242 valence electrons. The number of unbranched alkanes of at least 4 members (excludes halogenated alkanes) is 1. The molecule has 47 heavy (non-hydrogen) atoms. The molecule has 1 fully saturated rings. The van der Waals surface area contributed by atoms with Gasteiger partial charge in [0.1, 0.15) is 5.82 Å². The molecule has 6 rings (SSSR count). The summed E-state index contributed by atoms with van der Waals surface area (Å²) in [4.78, 5) is 32.6. The third-order valence-corrected chi connectivity index (χ3v) is 9.28. The van der Waals surface area contributed by atoms with Gasteiger partial charge < -0.3 is 15.0 Å². The number of carboxylic acid groups (broad SMARTS) is 1. The first kappa shape index (κ1) is 32.0. The molecule has 1 aromatic heterocycles. The van der Waals surface area contributed by atoms with Crippen LogP contribution in [0.3, 0.4) is 0 Å². The smallest absolute Gasteiger partial charge is 0.336 e. The normalized spacial score (nSPS) is 13.5. The molecule has 0 spiro atoms. The molecule has 1 heterocycles. The van der Waals surface area contributed by atoms with Crippen molar-refractivity contribution in [2.45, 2.75) is 77.3 Å². The third kappa shape index (κ3) is 7.74. The zero-order valence-electron chi connectivity index (χ0n) is 27.2. The van der Waals surface area contributed by atoms with E-state index < -0.39 is 5.97 Å². The Morgan fingerprint density at radius 1 is 0.872 bits per heavy atom. The number of benzene rings is 4. The van der Waals surface area contributed by atoms with E-state index in [1.807, 2.05) is 59.5 Å². The highest BCUT2D eigenvalue weighted by Gasteiger charge is 2.23. The van der Waals surface area contributed by atoms with Gasteiger partial charge in [0.15, 0.2) is 0 Å². The molecule has 0 bridgehead atoms. The van der Waals surface area contributed by atoms with E-state index in [-0.39, 0.29) is 12.1 Å². The zero-order chi connectivity index (χ0) is 32.6. The van der Waals surface area contributed by atoms with Crippen molar-refractivity contribution in [1.29, 1.82) is 0 Å². The lowest BCUT2D eigenvalue weighted by atomic mass is 9.96. The minimum absolute atomic E-state index is 0.0401. The van der Waals surface area contributed by atoms with Crippen LogP contribution in [0.1, 0.15) is 79.2 Å². The van der Waals surface area contributed by atoms with Crippen LogP contribution in [0.25, 0.3) is 22.2 Å². The minimum atomic E-state index is -0.934. The third-order valence-electron chi connectivity index (χ3n) is 9.28. The molecule has 2 amide bonds. The van der Waals surface area contributed by atoms with Gasteiger partial charge in [0, 0.05) is 31.2 Å². The van der Waals surface area contributed by atoms with E-state index in [0.29, 0.717) is 24.2 Å². The Morgan fingerprint density at radius 2 is 1.62 bits per heavy atom. The average Bonchev–Trinajstić information content (AvgIpc) is 3.44. The molecule has 4 aromatic carbocycles. The van der Waals surface area contributed by atoms with Gasteiger partial charge in [0.2, 0.25) is 0 Å². The topological polar surface area (TPSA) is 87.5 Å². The SMILES string of the molecule is CCCCc1nc2ccc(N(CCc3ccccc3)C(=O)NC3CCCCC3)cc2n1Cc1ccc(-c2ccccc2C(=O)O)cc1. The quantitative estimate of drug-likeness (QED) is 0.144. The van der Waals surface area contributed by atoms with Crippen LogP contribution in [0.5, 0.6) is 0 Å². The number of amides is 2. The summed E-state index contributed by atoms with van der Waals surface area (Å²) in [5.41, 5.74) is 6.95. The van der Waals surface area contributed by atoms with Crippen LogP contribution in [-0.4, -0.2) is 39.2 Å². The first-order valence-electron chi connectivity index (χ1n) is 17.0. The van der Waals surface area contributed by atoms with Crippen LogP contribution < -0.4 is 10.2 Å². The van der Waals surface area contributed by atoms with Crippen LogP contribution in [0.2, 0.25) is 0 Å². The van der Waals surface area contributed by atoms with Crippen LogP contribution in [-0.2, 0) is 19.4 Å². The molecule has 2 N–H and O–H groups in total.